The molecule has 0 fully saturated rings. The van der Waals surface area contributed by atoms with Gasteiger partial charge in [0.15, 0.2) is 0 Å². The summed E-state index contributed by atoms with van der Waals surface area (Å²) in [5, 5.41) is 9.79. The van der Waals surface area contributed by atoms with Crippen LogP contribution in [0.3, 0.4) is 0 Å². The molecule has 0 saturated heterocycles. The van der Waals surface area contributed by atoms with Crippen LogP contribution >= 0.6 is 0 Å². The molecule has 0 aliphatic heterocycles. The minimum Gasteiger partial charge on any atom is -0.356 e. The highest BCUT2D eigenvalue weighted by Gasteiger charge is 1.99. The predicted molar refractivity (Wildman–Crippen MR) is 72.2 cm³/mol. The number of rotatable bonds is 9. The van der Waals surface area contributed by atoms with Crippen LogP contribution in [0.4, 0.5) is 0 Å². The van der Waals surface area contributed by atoms with Gasteiger partial charge in [0.1, 0.15) is 0 Å². The topological polar surface area (TPSA) is 79.0 Å². The number of carbonyl (C=O) groups excluding carboxylic acids is 1. The fraction of sp³-hybridized carbons (Fsp3) is 0.538. The summed E-state index contributed by atoms with van der Waals surface area (Å²) in [6.07, 6.45) is 9.94. The minimum atomic E-state index is 0.0577. The second-order valence-corrected chi connectivity index (χ2v) is 3.71. The van der Waals surface area contributed by atoms with E-state index in [9.17, 15) is 4.79 Å². The molecule has 4 nitrogen and oxygen atoms in total. The smallest absolute Gasteiger partial charge is 0.220 e. The van der Waals surface area contributed by atoms with Crippen molar-refractivity contribution in [2.75, 3.05) is 13.1 Å². The van der Waals surface area contributed by atoms with E-state index in [1.165, 1.54) is 6.21 Å². The molecule has 1 amide bonds. The van der Waals surface area contributed by atoms with Crippen LogP contribution in [-0.2, 0) is 4.79 Å². The van der Waals surface area contributed by atoms with E-state index >= 15 is 0 Å². The van der Waals surface area contributed by atoms with Gasteiger partial charge in [0.25, 0.3) is 0 Å². The lowest BCUT2D eigenvalue weighted by Gasteiger charge is -2.05. The van der Waals surface area contributed by atoms with Gasteiger partial charge in [0.2, 0.25) is 5.91 Å². The average Bonchev–Trinajstić information content (AvgIpc) is 2.33. The highest BCUT2D eigenvalue weighted by atomic mass is 16.1. The van der Waals surface area contributed by atoms with Crippen molar-refractivity contribution in [3.63, 3.8) is 0 Å². The molecule has 0 spiro atoms. The molecule has 0 atom stereocenters. The third kappa shape index (κ3) is 9.51. The van der Waals surface area contributed by atoms with Gasteiger partial charge in [-0.15, -0.1) is 0 Å². The molecule has 17 heavy (non-hydrogen) atoms. The SMILES string of the molecule is CC/C=C(\C=C/C=N)CCNC(=O)CCCN. The van der Waals surface area contributed by atoms with Gasteiger partial charge in [-0.3, -0.25) is 4.79 Å². The number of amides is 1. The van der Waals surface area contributed by atoms with Crippen molar-refractivity contribution in [1.82, 2.24) is 5.32 Å². The molecular formula is C13H23N3O. The van der Waals surface area contributed by atoms with Crippen molar-refractivity contribution < 1.29 is 4.79 Å². The molecule has 0 unspecified atom stereocenters. The third-order valence-electron chi connectivity index (χ3n) is 2.22. The second kappa shape index (κ2) is 11.1. The molecule has 0 heterocycles. The quantitative estimate of drug-likeness (QED) is 0.422. The molecule has 0 aromatic carbocycles. The number of allylic oxidation sites excluding steroid dienone is 3. The zero-order chi connectivity index (χ0) is 12.9. The molecule has 4 N–H and O–H groups in total. The van der Waals surface area contributed by atoms with E-state index < -0.39 is 0 Å². The van der Waals surface area contributed by atoms with Crippen molar-refractivity contribution in [2.24, 2.45) is 5.73 Å². The Balaban J connectivity index is 3.90. The minimum absolute atomic E-state index is 0.0577. The third-order valence-corrected chi connectivity index (χ3v) is 2.22. The Morgan fingerprint density at radius 1 is 1.41 bits per heavy atom. The normalized spacial score (nSPS) is 11.8. The van der Waals surface area contributed by atoms with Crippen LogP contribution in [0.5, 0.6) is 0 Å². The van der Waals surface area contributed by atoms with E-state index in [1.807, 2.05) is 6.08 Å². The Hall–Kier alpha value is -1.42. The highest BCUT2D eigenvalue weighted by molar-refractivity contribution is 5.75. The number of nitrogens with one attached hydrogen (secondary N) is 2. The van der Waals surface area contributed by atoms with Crippen molar-refractivity contribution in [2.45, 2.75) is 32.6 Å². The van der Waals surface area contributed by atoms with Crippen LogP contribution in [-0.4, -0.2) is 25.2 Å². The maximum atomic E-state index is 11.3. The molecule has 0 aliphatic carbocycles. The molecular weight excluding hydrogens is 214 g/mol. The molecule has 0 radical (unpaired) electrons. The molecule has 0 saturated carbocycles. The standard InChI is InChI=1S/C13H23N3O/c1-2-5-12(6-3-9-14)8-11-16-13(17)7-4-10-15/h3,5-6,9,14H,2,4,7-8,10-11,15H2,1H3,(H,16,17)/b6-3-,12-5+,14-9?. The van der Waals surface area contributed by atoms with Gasteiger partial charge in [-0.25, -0.2) is 0 Å². The van der Waals surface area contributed by atoms with Crippen molar-refractivity contribution in [1.29, 1.82) is 5.41 Å². The lowest BCUT2D eigenvalue weighted by atomic mass is 10.1. The van der Waals surface area contributed by atoms with E-state index in [-0.39, 0.29) is 5.91 Å². The van der Waals surface area contributed by atoms with Crippen LogP contribution in [0.1, 0.15) is 32.6 Å². The van der Waals surface area contributed by atoms with Crippen LogP contribution < -0.4 is 11.1 Å². The lowest BCUT2D eigenvalue weighted by molar-refractivity contribution is -0.121. The Labute approximate surface area is 103 Å². The summed E-state index contributed by atoms with van der Waals surface area (Å²) in [4.78, 5) is 11.3. The van der Waals surface area contributed by atoms with Gasteiger partial charge in [-0.2, -0.15) is 0 Å². The summed E-state index contributed by atoms with van der Waals surface area (Å²) in [6, 6.07) is 0. The number of nitrogens with two attached hydrogens (primary N) is 1. The highest BCUT2D eigenvalue weighted by Crippen LogP contribution is 2.04. The Morgan fingerprint density at radius 2 is 2.18 bits per heavy atom. The summed E-state index contributed by atoms with van der Waals surface area (Å²) >= 11 is 0. The van der Waals surface area contributed by atoms with Crippen LogP contribution in [0.15, 0.2) is 23.8 Å². The van der Waals surface area contributed by atoms with E-state index in [2.05, 4.69) is 18.3 Å². The van der Waals surface area contributed by atoms with Crippen molar-refractivity contribution >= 4 is 12.1 Å². The first-order valence-electron chi connectivity index (χ1n) is 6.07. The number of carbonyl (C=O) groups is 1. The maximum Gasteiger partial charge on any atom is 0.220 e. The van der Waals surface area contributed by atoms with E-state index in [4.69, 9.17) is 11.1 Å². The first kappa shape index (κ1) is 15.6. The summed E-state index contributed by atoms with van der Waals surface area (Å²) < 4.78 is 0. The maximum absolute atomic E-state index is 11.3. The van der Waals surface area contributed by atoms with Crippen LogP contribution in [0, 0.1) is 5.41 Å². The largest absolute Gasteiger partial charge is 0.356 e. The average molecular weight is 237 g/mol. The Morgan fingerprint density at radius 3 is 2.76 bits per heavy atom. The molecule has 0 bridgehead atoms. The predicted octanol–water partition coefficient (Wildman–Crippen LogP) is 1.77. The van der Waals surface area contributed by atoms with Gasteiger partial charge in [-0.1, -0.05) is 24.6 Å². The molecule has 0 aliphatic rings. The van der Waals surface area contributed by atoms with Gasteiger partial charge < -0.3 is 16.5 Å². The van der Waals surface area contributed by atoms with Gasteiger partial charge in [0, 0.05) is 19.2 Å². The molecule has 96 valence electrons. The van der Waals surface area contributed by atoms with Crippen LogP contribution in [0.25, 0.3) is 0 Å². The van der Waals surface area contributed by atoms with Crippen molar-refractivity contribution in [3.8, 4) is 0 Å². The fourth-order valence-corrected chi connectivity index (χ4v) is 1.38. The Bertz CT molecular complexity index is 282. The number of hydrogen-bond donors (Lipinski definition) is 3. The summed E-state index contributed by atoms with van der Waals surface area (Å²) in [6.45, 7) is 3.26. The van der Waals surface area contributed by atoms with E-state index in [1.54, 1.807) is 6.08 Å². The Kier molecular flexibility index (Phi) is 10.2. The van der Waals surface area contributed by atoms with Gasteiger partial charge in [-0.05, 0) is 31.9 Å². The summed E-state index contributed by atoms with van der Waals surface area (Å²) in [5.41, 5.74) is 6.48. The summed E-state index contributed by atoms with van der Waals surface area (Å²) in [5.74, 6) is 0.0577. The first-order valence-corrected chi connectivity index (χ1v) is 6.07. The summed E-state index contributed by atoms with van der Waals surface area (Å²) in [7, 11) is 0. The lowest BCUT2D eigenvalue weighted by Crippen LogP contribution is -2.25. The van der Waals surface area contributed by atoms with E-state index in [0.717, 1.165) is 24.8 Å². The first-order chi connectivity index (χ1) is 8.24. The van der Waals surface area contributed by atoms with Gasteiger partial charge >= 0.3 is 0 Å². The molecule has 0 rings (SSSR count). The zero-order valence-electron chi connectivity index (χ0n) is 10.5. The molecule has 4 heteroatoms. The molecule has 0 aromatic rings. The van der Waals surface area contributed by atoms with Crippen LogP contribution in [0.2, 0.25) is 0 Å². The molecule has 0 aromatic heterocycles. The van der Waals surface area contributed by atoms with Crippen molar-refractivity contribution in [3.05, 3.63) is 23.8 Å². The second-order valence-electron chi connectivity index (χ2n) is 3.71. The zero-order valence-corrected chi connectivity index (χ0v) is 10.5. The van der Waals surface area contributed by atoms with Gasteiger partial charge in [0.05, 0.1) is 0 Å². The fourth-order valence-electron chi connectivity index (χ4n) is 1.38. The number of hydrogen-bond acceptors (Lipinski definition) is 3. The monoisotopic (exact) mass is 237 g/mol. The van der Waals surface area contributed by atoms with E-state index in [0.29, 0.717) is 19.5 Å².